The van der Waals surface area contributed by atoms with Gasteiger partial charge in [0, 0.05) is 6.54 Å². The Morgan fingerprint density at radius 2 is 2.15 bits per heavy atom. The van der Waals surface area contributed by atoms with Gasteiger partial charge >= 0.3 is 0 Å². The van der Waals surface area contributed by atoms with Crippen molar-refractivity contribution in [1.82, 2.24) is 9.55 Å². The highest BCUT2D eigenvalue weighted by Crippen LogP contribution is 2.32. The molecule has 20 heavy (non-hydrogen) atoms. The second-order valence-electron chi connectivity index (χ2n) is 5.55. The van der Waals surface area contributed by atoms with Crippen molar-refractivity contribution in [1.29, 1.82) is 0 Å². The summed E-state index contributed by atoms with van der Waals surface area (Å²) in [5.74, 6) is -0.351. The summed E-state index contributed by atoms with van der Waals surface area (Å²) >= 11 is 6.14. The first-order valence-electron chi connectivity index (χ1n) is 7.06. The minimum absolute atomic E-state index is 0.242. The molecule has 1 atom stereocenters. The van der Waals surface area contributed by atoms with Crippen LogP contribution in [-0.4, -0.2) is 9.55 Å². The number of halogens is 3. The number of fused-ring (bicyclic) bond motifs is 1. The molecule has 0 aliphatic heterocycles. The molecule has 1 heterocycles. The van der Waals surface area contributed by atoms with Gasteiger partial charge in [-0.1, -0.05) is 19.3 Å². The maximum Gasteiger partial charge on any atom is 0.184 e. The van der Waals surface area contributed by atoms with Gasteiger partial charge in [0.25, 0.3) is 0 Å². The van der Waals surface area contributed by atoms with Gasteiger partial charge in [-0.25, -0.2) is 13.8 Å². The summed E-state index contributed by atoms with van der Waals surface area (Å²) in [5, 5.41) is -0.328. The Balaban J connectivity index is 2.04. The Labute approximate surface area is 121 Å². The summed E-state index contributed by atoms with van der Waals surface area (Å²) in [4.78, 5) is 4.36. The highest BCUT2D eigenvalue weighted by Gasteiger charge is 2.22. The average Bonchev–Trinajstić information content (AvgIpc) is 2.72. The van der Waals surface area contributed by atoms with Crippen LogP contribution in [0.2, 0.25) is 0 Å². The highest BCUT2D eigenvalue weighted by atomic mass is 35.5. The van der Waals surface area contributed by atoms with E-state index in [1.165, 1.54) is 25.3 Å². The standard InChI is InChI=1S/C15H17ClF2N2/c1-9(16)15-19-12-6-5-11(17)13(18)14(12)20(15)8-7-10-3-2-4-10/h5-6,9-10H,2-4,7-8H2,1H3. The third-order valence-electron chi connectivity index (χ3n) is 4.17. The predicted molar refractivity (Wildman–Crippen MR) is 75.9 cm³/mol. The summed E-state index contributed by atoms with van der Waals surface area (Å²) < 4.78 is 29.3. The lowest BCUT2D eigenvalue weighted by Crippen LogP contribution is -2.15. The Kier molecular flexibility index (Phi) is 3.67. The Morgan fingerprint density at radius 3 is 2.75 bits per heavy atom. The lowest BCUT2D eigenvalue weighted by atomic mass is 9.83. The summed E-state index contributed by atoms with van der Waals surface area (Å²) in [6.07, 6.45) is 4.71. The minimum Gasteiger partial charge on any atom is -0.324 e. The molecule has 0 radical (unpaired) electrons. The number of aryl methyl sites for hydroxylation is 1. The monoisotopic (exact) mass is 298 g/mol. The first-order valence-corrected chi connectivity index (χ1v) is 7.49. The summed E-state index contributed by atoms with van der Waals surface area (Å²) in [5.41, 5.74) is 0.715. The zero-order valence-corrected chi connectivity index (χ0v) is 12.1. The van der Waals surface area contributed by atoms with E-state index in [1.54, 1.807) is 11.5 Å². The normalized spacial score (nSPS) is 17.4. The maximum absolute atomic E-state index is 14.1. The molecule has 1 aromatic heterocycles. The van der Waals surface area contributed by atoms with Gasteiger partial charge in [-0.3, -0.25) is 0 Å². The second-order valence-corrected chi connectivity index (χ2v) is 6.21. The largest absolute Gasteiger partial charge is 0.324 e. The zero-order valence-electron chi connectivity index (χ0n) is 11.4. The summed E-state index contributed by atoms with van der Waals surface area (Å²) in [6, 6.07) is 2.62. The van der Waals surface area contributed by atoms with Crippen LogP contribution in [0.4, 0.5) is 8.78 Å². The predicted octanol–water partition coefficient (Wildman–Crippen LogP) is 4.80. The van der Waals surface area contributed by atoms with Crippen LogP contribution in [0, 0.1) is 17.6 Å². The number of benzene rings is 1. The molecule has 3 rings (SSSR count). The molecule has 1 fully saturated rings. The minimum atomic E-state index is -0.837. The third kappa shape index (κ3) is 2.30. The first kappa shape index (κ1) is 13.8. The quantitative estimate of drug-likeness (QED) is 0.741. The Bertz CT molecular complexity index is 632. The molecule has 0 saturated heterocycles. The zero-order chi connectivity index (χ0) is 14.3. The smallest absolute Gasteiger partial charge is 0.184 e. The van der Waals surface area contributed by atoms with Gasteiger partial charge < -0.3 is 4.57 Å². The molecule has 1 aliphatic carbocycles. The third-order valence-corrected chi connectivity index (χ3v) is 4.37. The second kappa shape index (κ2) is 5.32. The molecule has 1 unspecified atom stereocenters. The fourth-order valence-corrected chi connectivity index (χ4v) is 2.96. The van der Waals surface area contributed by atoms with Gasteiger partial charge in [0.05, 0.1) is 10.9 Å². The van der Waals surface area contributed by atoms with Crippen LogP contribution in [0.5, 0.6) is 0 Å². The molecule has 1 saturated carbocycles. The lowest BCUT2D eigenvalue weighted by molar-refractivity contribution is 0.282. The Morgan fingerprint density at radius 1 is 1.40 bits per heavy atom. The van der Waals surface area contributed by atoms with Gasteiger partial charge in [0.15, 0.2) is 11.6 Å². The van der Waals surface area contributed by atoms with E-state index in [2.05, 4.69) is 4.98 Å². The van der Waals surface area contributed by atoms with E-state index in [4.69, 9.17) is 11.6 Å². The van der Waals surface area contributed by atoms with Crippen LogP contribution < -0.4 is 0 Å². The van der Waals surface area contributed by atoms with Crippen LogP contribution in [0.25, 0.3) is 11.0 Å². The van der Waals surface area contributed by atoms with Crippen molar-refractivity contribution in [3.05, 3.63) is 29.6 Å². The van der Waals surface area contributed by atoms with E-state index >= 15 is 0 Å². The number of aromatic nitrogens is 2. The van der Waals surface area contributed by atoms with Crippen molar-refractivity contribution in [3.63, 3.8) is 0 Å². The van der Waals surface area contributed by atoms with Crippen molar-refractivity contribution >= 4 is 22.6 Å². The number of imidazole rings is 1. The van der Waals surface area contributed by atoms with Gasteiger partial charge in [0.2, 0.25) is 0 Å². The molecule has 0 spiro atoms. The first-order chi connectivity index (χ1) is 9.58. The molecule has 1 aromatic carbocycles. The summed E-state index contributed by atoms with van der Waals surface area (Å²) in [7, 11) is 0. The topological polar surface area (TPSA) is 17.8 Å². The average molecular weight is 299 g/mol. The molecule has 0 bridgehead atoms. The van der Waals surface area contributed by atoms with E-state index in [-0.39, 0.29) is 10.9 Å². The van der Waals surface area contributed by atoms with Crippen molar-refractivity contribution in [2.45, 2.75) is 44.5 Å². The van der Waals surface area contributed by atoms with E-state index in [1.807, 2.05) is 0 Å². The van der Waals surface area contributed by atoms with Crippen molar-refractivity contribution in [2.24, 2.45) is 5.92 Å². The van der Waals surface area contributed by atoms with E-state index in [9.17, 15) is 8.78 Å². The van der Waals surface area contributed by atoms with Crippen molar-refractivity contribution in [3.8, 4) is 0 Å². The molecule has 5 heteroatoms. The van der Waals surface area contributed by atoms with Crippen molar-refractivity contribution < 1.29 is 8.78 Å². The number of rotatable bonds is 4. The van der Waals surface area contributed by atoms with Crippen LogP contribution in [0.15, 0.2) is 12.1 Å². The maximum atomic E-state index is 14.1. The fraction of sp³-hybridized carbons (Fsp3) is 0.533. The van der Waals surface area contributed by atoms with Crippen LogP contribution in [-0.2, 0) is 6.54 Å². The van der Waals surface area contributed by atoms with Gasteiger partial charge in [0.1, 0.15) is 11.3 Å². The SMILES string of the molecule is CC(Cl)c1nc2ccc(F)c(F)c2n1CCC1CCC1. The molecular weight excluding hydrogens is 282 g/mol. The van der Waals surface area contributed by atoms with E-state index < -0.39 is 11.6 Å². The van der Waals surface area contributed by atoms with Crippen LogP contribution in [0.3, 0.4) is 0 Å². The molecule has 2 aromatic rings. The van der Waals surface area contributed by atoms with Crippen LogP contribution >= 0.6 is 11.6 Å². The number of nitrogens with zero attached hydrogens (tertiary/aromatic N) is 2. The number of hydrogen-bond donors (Lipinski definition) is 0. The molecule has 0 N–H and O–H groups in total. The summed E-state index contributed by atoms with van der Waals surface area (Å²) in [6.45, 7) is 2.45. The fourth-order valence-electron chi connectivity index (χ4n) is 2.80. The van der Waals surface area contributed by atoms with Crippen LogP contribution in [0.1, 0.15) is 43.8 Å². The molecular formula is C15H17ClF2N2. The molecule has 108 valence electrons. The molecule has 1 aliphatic rings. The van der Waals surface area contributed by atoms with Gasteiger partial charge in [-0.15, -0.1) is 11.6 Å². The van der Waals surface area contributed by atoms with E-state index in [0.717, 1.165) is 12.5 Å². The number of hydrogen-bond acceptors (Lipinski definition) is 1. The number of alkyl halides is 1. The van der Waals surface area contributed by atoms with Gasteiger partial charge in [-0.2, -0.15) is 0 Å². The van der Waals surface area contributed by atoms with E-state index in [0.29, 0.717) is 23.8 Å². The Hall–Kier alpha value is -1.16. The lowest BCUT2D eigenvalue weighted by Gasteiger charge is -2.25. The van der Waals surface area contributed by atoms with Crippen molar-refractivity contribution in [2.75, 3.05) is 0 Å². The molecule has 2 nitrogen and oxygen atoms in total. The highest BCUT2D eigenvalue weighted by molar-refractivity contribution is 6.20. The van der Waals surface area contributed by atoms with Gasteiger partial charge in [-0.05, 0) is 31.4 Å². The molecule has 0 amide bonds.